The summed E-state index contributed by atoms with van der Waals surface area (Å²) in [5.41, 5.74) is 0.712. The van der Waals surface area contributed by atoms with Crippen molar-refractivity contribution >= 4 is 17.3 Å². The van der Waals surface area contributed by atoms with Crippen LogP contribution in [0.1, 0.15) is 0 Å². The quantitative estimate of drug-likeness (QED) is 0.734. The largest absolute Gasteiger partial charge is 0.372 e. The van der Waals surface area contributed by atoms with Crippen molar-refractivity contribution < 1.29 is 8.78 Å². The number of benzene rings is 1. The molecular weight excluding hydrogens is 196 g/mol. The van der Waals surface area contributed by atoms with Gasteiger partial charge < -0.3 is 4.90 Å². The van der Waals surface area contributed by atoms with E-state index in [1.165, 1.54) is 12.1 Å². The molecule has 1 aromatic rings. The highest BCUT2D eigenvalue weighted by Crippen LogP contribution is 2.21. The molecule has 0 spiro atoms. The zero-order valence-electron chi connectivity index (χ0n) is 7.23. The normalized spacial score (nSPS) is 10.2. The van der Waals surface area contributed by atoms with Crippen LogP contribution in [0.25, 0.3) is 0 Å². The Kier molecular flexibility index (Phi) is 3.48. The molecule has 13 heavy (non-hydrogen) atoms. The van der Waals surface area contributed by atoms with E-state index in [2.05, 4.69) is 0 Å². The first kappa shape index (κ1) is 10.3. The van der Waals surface area contributed by atoms with Crippen molar-refractivity contribution in [2.45, 2.75) is 0 Å². The Labute approximate surface area is 80.9 Å². The van der Waals surface area contributed by atoms with Crippen molar-refractivity contribution in [2.24, 2.45) is 0 Å². The highest BCUT2D eigenvalue weighted by Gasteiger charge is 2.04. The van der Waals surface area contributed by atoms with Crippen molar-refractivity contribution in [3.63, 3.8) is 0 Å². The fourth-order valence-electron chi connectivity index (χ4n) is 0.978. The van der Waals surface area contributed by atoms with Gasteiger partial charge in [-0.05, 0) is 18.2 Å². The molecule has 0 aliphatic rings. The minimum absolute atomic E-state index is 0.0585. The lowest BCUT2D eigenvalue weighted by atomic mass is 10.3. The summed E-state index contributed by atoms with van der Waals surface area (Å²) in [5, 5.41) is 0.0585. The lowest BCUT2D eigenvalue weighted by Crippen LogP contribution is -2.19. The topological polar surface area (TPSA) is 3.24 Å². The van der Waals surface area contributed by atoms with Gasteiger partial charge in [0, 0.05) is 19.3 Å². The maximum Gasteiger partial charge on any atom is 0.141 e. The van der Waals surface area contributed by atoms with Gasteiger partial charge in [0.25, 0.3) is 0 Å². The first-order valence-electron chi connectivity index (χ1n) is 3.87. The lowest BCUT2D eigenvalue weighted by molar-refractivity contribution is 0.497. The van der Waals surface area contributed by atoms with E-state index in [0.29, 0.717) is 5.69 Å². The summed E-state index contributed by atoms with van der Waals surface area (Å²) in [5.74, 6) is -0.459. The van der Waals surface area contributed by atoms with Crippen LogP contribution >= 0.6 is 11.6 Å². The number of alkyl halides is 1. The fourth-order valence-corrected chi connectivity index (χ4v) is 1.15. The number of nitrogens with zero attached hydrogens (tertiary/aromatic N) is 1. The average Bonchev–Trinajstić information content (AvgIpc) is 2.10. The van der Waals surface area contributed by atoms with Crippen LogP contribution in [0.4, 0.5) is 14.5 Å². The van der Waals surface area contributed by atoms with Crippen molar-refractivity contribution in [3.05, 3.63) is 29.0 Å². The molecule has 72 valence electrons. The molecule has 0 aliphatic heterocycles. The predicted molar refractivity (Wildman–Crippen MR) is 50.7 cm³/mol. The fraction of sp³-hybridized carbons (Fsp3) is 0.333. The minimum Gasteiger partial charge on any atom is -0.372 e. The number of hydrogen-bond donors (Lipinski definition) is 0. The van der Waals surface area contributed by atoms with Crippen molar-refractivity contribution in [3.8, 4) is 0 Å². The molecule has 0 aromatic heterocycles. The van der Waals surface area contributed by atoms with Gasteiger partial charge in [-0.2, -0.15) is 0 Å². The number of rotatable bonds is 3. The highest BCUT2D eigenvalue weighted by molar-refractivity contribution is 6.31. The van der Waals surface area contributed by atoms with E-state index >= 15 is 0 Å². The molecule has 0 atom stereocenters. The van der Waals surface area contributed by atoms with Crippen LogP contribution in [0.5, 0.6) is 0 Å². The molecule has 0 aliphatic carbocycles. The van der Waals surface area contributed by atoms with E-state index in [1.54, 1.807) is 18.0 Å². The van der Waals surface area contributed by atoms with Crippen LogP contribution in [-0.4, -0.2) is 20.3 Å². The number of hydrogen-bond acceptors (Lipinski definition) is 1. The molecule has 1 rings (SSSR count). The summed E-state index contributed by atoms with van der Waals surface area (Å²) in [6, 6.07) is 4.32. The van der Waals surface area contributed by atoms with Crippen LogP contribution in [-0.2, 0) is 0 Å². The molecule has 1 nitrogen and oxygen atoms in total. The monoisotopic (exact) mass is 205 g/mol. The molecular formula is C9H10ClF2N. The Morgan fingerprint density at radius 1 is 1.46 bits per heavy atom. The van der Waals surface area contributed by atoms with E-state index in [9.17, 15) is 8.78 Å². The zero-order chi connectivity index (χ0) is 9.84. The first-order valence-corrected chi connectivity index (χ1v) is 4.25. The smallest absolute Gasteiger partial charge is 0.141 e. The Balaban J connectivity index is 2.84. The van der Waals surface area contributed by atoms with Crippen LogP contribution < -0.4 is 4.90 Å². The Bertz CT molecular complexity index is 291. The van der Waals surface area contributed by atoms with E-state index in [0.717, 1.165) is 0 Å². The van der Waals surface area contributed by atoms with Crippen molar-refractivity contribution in [2.75, 3.05) is 25.2 Å². The van der Waals surface area contributed by atoms with Gasteiger partial charge in [-0.15, -0.1) is 0 Å². The van der Waals surface area contributed by atoms with Gasteiger partial charge in [0.05, 0.1) is 5.02 Å². The standard InChI is InChI=1S/C9H10ClF2N/c1-13(5-4-11)7-2-3-9(12)8(10)6-7/h2-3,6H,4-5H2,1H3. The molecule has 0 saturated carbocycles. The van der Waals surface area contributed by atoms with Crippen LogP contribution in [0.3, 0.4) is 0 Å². The van der Waals surface area contributed by atoms with Gasteiger partial charge >= 0.3 is 0 Å². The lowest BCUT2D eigenvalue weighted by Gasteiger charge is -2.17. The minimum atomic E-state index is -0.459. The number of halogens is 3. The summed E-state index contributed by atoms with van der Waals surface area (Å²) < 4.78 is 24.7. The van der Waals surface area contributed by atoms with Crippen LogP contribution in [0.2, 0.25) is 5.02 Å². The summed E-state index contributed by atoms with van der Waals surface area (Å²) in [7, 11) is 1.73. The third-order valence-electron chi connectivity index (χ3n) is 1.76. The third kappa shape index (κ3) is 2.56. The summed E-state index contributed by atoms with van der Waals surface area (Å²) >= 11 is 5.56. The van der Waals surface area contributed by atoms with Gasteiger partial charge in [0.2, 0.25) is 0 Å². The molecule has 0 bridgehead atoms. The third-order valence-corrected chi connectivity index (χ3v) is 2.05. The molecule has 1 aromatic carbocycles. The molecule has 0 saturated heterocycles. The average molecular weight is 206 g/mol. The second-order valence-corrected chi connectivity index (χ2v) is 3.12. The maximum atomic E-state index is 12.7. The van der Waals surface area contributed by atoms with Gasteiger partial charge in [-0.3, -0.25) is 0 Å². The molecule has 4 heteroatoms. The number of anilines is 1. The molecule has 0 heterocycles. The van der Waals surface area contributed by atoms with Crippen molar-refractivity contribution in [1.82, 2.24) is 0 Å². The highest BCUT2D eigenvalue weighted by atomic mass is 35.5. The van der Waals surface area contributed by atoms with Crippen LogP contribution in [0.15, 0.2) is 18.2 Å². The molecule has 0 fully saturated rings. The van der Waals surface area contributed by atoms with Crippen molar-refractivity contribution in [1.29, 1.82) is 0 Å². The SMILES string of the molecule is CN(CCF)c1ccc(F)c(Cl)c1. The molecule has 0 unspecified atom stereocenters. The first-order chi connectivity index (χ1) is 6.15. The van der Waals surface area contributed by atoms with Crippen LogP contribution in [0, 0.1) is 5.82 Å². The van der Waals surface area contributed by atoms with E-state index < -0.39 is 12.5 Å². The molecule has 0 amide bonds. The van der Waals surface area contributed by atoms with Gasteiger partial charge in [0.15, 0.2) is 0 Å². The Hall–Kier alpha value is -0.830. The Morgan fingerprint density at radius 3 is 2.69 bits per heavy atom. The second-order valence-electron chi connectivity index (χ2n) is 2.71. The second kappa shape index (κ2) is 4.42. The van der Waals surface area contributed by atoms with Gasteiger partial charge in [-0.25, -0.2) is 8.78 Å². The van der Waals surface area contributed by atoms with Gasteiger partial charge in [0.1, 0.15) is 12.5 Å². The summed E-state index contributed by atoms with van der Waals surface area (Å²) in [4.78, 5) is 1.67. The zero-order valence-corrected chi connectivity index (χ0v) is 7.98. The molecule has 0 N–H and O–H groups in total. The summed E-state index contributed by atoms with van der Waals surface area (Å²) in [6.45, 7) is -0.159. The maximum absolute atomic E-state index is 12.7. The van der Waals surface area contributed by atoms with E-state index in [-0.39, 0.29) is 11.6 Å². The summed E-state index contributed by atoms with van der Waals surface area (Å²) in [6.07, 6.45) is 0. The van der Waals surface area contributed by atoms with Gasteiger partial charge in [-0.1, -0.05) is 11.6 Å². The molecule has 0 radical (unpaired) electrons. The van der Waals surface area contributed by atoms with E-state index in [1.807, 2.05) is 0 Å². The van der Waals surface area contributed by atoms with E-state index in [4.69, 9.17) is 11.6 Å². The predicted octanol–water partition coefficient (Wildman–Crippen LogP) is 2.88. The Morgan fingerprint density at radius 2 is 2.15 bits per heavy atom.